The Kier molecular flexibility index (Phi) is 5.25. The Labute approximate surface area is 116 Å². The van der Waals surface area contributed by atoms with Crippen molar-refractivity contribution in [1.29, 1.82) is 0 Å². The number of rotatable bonds is 4. The first-order valence-corrected chi connectivity index (χ1v) is 7.39. The molecule has 2 N–H and O–H groups in total. The summed E-state index contributed by atoms with van der Waals surface area (Å²) < 4.78 is 0. The number of aryl methyl sites for hydroxylation is 1. The summed E-state index contributed by atoms with van der Waals surface area (Å²) in [6.45, 7) is 5.91. The molecule has 0 atom stereocenters. The molecule has 0 aliphatic heterocycles. The molecule has 1 fully saturated rings. The maximum absolute atomic E-state index is 4.70. The molecule has 1 aromatic carbocycles. The van der Waals surface area contributed by atoms with Crippen molar-refractivity contribution in [3.8, 4) is 0 Å². The van der Waals surface area contributed by atoms with Crippen LogP contribution in [0.1, 0.15) is 43.7 Å². The monoisotopic (exact) mass is 259 g/mol. The van der Waals surface area contributed by atoms with E-state index in [0.717, 1.165) is 19.0 Å². The molecule has 19 heavy (non-hydrogen) atoms. The number of nitrogens with one attached hydrogen (secondary N) is 2. The standard InChI is InChI=1S/C16H25N3/c1-3-17-16(19-15-10-6-7-11-15)18-12-14-9-5-4-8-13(14)2/h4-5,8-9,15H,3,6-7,10-12H2,1-2H3,(H2,17,18,19). The summed E-state index contributed by atoms with van der Waals surface area (Å²) in [7, 11) is 0. The van der Waals surface area contributed by atoms with E-state index < -0.39 is 0 Å². The lowest BCUT2D eigenvalue weighted by atomic mass is 10.1. The second-order valence-electron chi connectivity index (χ2n) is 5.25. The summed E-state index contributed by atoms with van der Waals surface area (Å²) in [5.41, 5.74) is 2.61. The highest BCUT2D eigenvalue weighted by Gasteiger charge is 2.15. The number of hydrogen-bond donors (Lipinski definition) is 2. The first kappa shape index (κ1) is 13.9. The minimum atomic E-state index is 0.606. The van der Waals surface area contributed by atoms with Crippen molar-refractivity contribution in [2.45, 2.75) is 52.1 Å². The lowest BCUT2D eigenvalue weighted by molar-refractivity contribution is 0.614. The van der Waals surface area contributed by atoms with E-state index in [9.17, 15) is 0 Å². The van der Waals surface area contributed by atoms with Crippen molar-refractivity contribution >= 4 is 5.96 Å². The van der Waals surface area contributed by atoms with Gasteiger partial charge < -0.3 is 10.6 Å². The lowest BCUT2D eigenvalue weighted by Crippen LogP contribution is -2.42. The number of nitrogens with zero attached hydrogens (tertiary/aromatic N) is 1. The summed E-state index contributed by atoms with van der Waals surface area (Å²) in [6, 6.07) is 9.05. The minimum Gasteiger partial charge on any atom is -0.357 e. The molecule has 1 saturated carbocycles. The molecule has 1 aromatic rings. The molecule has 3 nitrogen and oxygen atoms in total. The van der Waals surface area contributed by atoms with Gasteiger partial charge in [0.1, 0.15) is 0 Å². The fourth-order valence-electron chi connectivity index (χ4n) is 2.54. The normalized spacial score (nSPS) is 16.6. The molecular formula is C16H25N3. The largest absolute Gasteiger partial charge is 0.357 e. The Hall–Kier alpha value is -1.51. The van der Waals surface area contributed by atoms with E-state index in [1.807, 2.05) is 0 Å². The van der Waals surface area contributed by atoms with Gasteiger partial charge in [0.05, 0.1) is 6.54 Å². The van der Waals surface area contributed by atoms with Crippen LogP contribution >= 0.6 is 0 Å². The van der Waals surface area contributed by atoms with Gasteiger partial charge in [-0.3, -0.25) is 0 Å². The molecular weight excluding hydrogens is 234 g/mol. The van der Waals surface area contributed by atoms with Crippen LogP contribution in [0.4, 0.5) is 0 Å². The average Bonchev–Trinajstić information content (AvgIpc) is 2.91. The summed E-state index contributed by atoms with van der Waals surface area (Å²) in [4.78, 5) is 4.70. The summed E-state index contributed by atoms with van der Waals surface area (Å²) in [5.74, 6) is 0.956. The molecule has 0 heterocycles. The van der Waals surface area contributed by atoms with Gasteiger partial charge in [0.25, 0.3) is 0 Å². The molecule has 2 rings (SSSR count). The summed E-state index contributed by atoms with van der Waals surface area (Å²) in [5, 5.41) is 6.88. The Morgan fingerprint density at radius 3 is 2.68 bits per heavy atom. The van der Waals surface area contributed by atoms with Crippen LogP contribution in [0.25, 0.3) is 0 Å². The van der Waals surface area contributed by atoms with Gasteiger partial charge in [-0.1, -0.05) is 37.1 Å². The maximum atomic E-state index is 4.70. The third-order valence-electron chi connectivity index (χ3n) is 3.71. The van der Waals surface area contributed by atoms with E-state index in [2.05, 4.69) is 48.7 Å². The maximum Gasteiger partial charge on any atom is 0.191 e. The molecule has 0 bridgehead atoms. The average molecular weight is 259 g/mol. The Morgan fingerprint density at radius 2 is 2.00 bits per heavy atom. The van der Waals surface area contributed by atoms with Crippen LogP contribution in [0.3, 0.4) is 0 Å². The number of guanidine groups is 1. The SMILES string of the molecule is CCNC(=NCc1ccccc1C)NC1CCCC1. The predicted octanol–water partition coefficient (Wildman–Crippen LogP) is 2.99. The van der Waals surface area contributed by atoms with E-state index in [4.69, 9.17) is 4.99 Å². The van der Waals surface area contributed by atoms with Crippen molar-refractivity contribution in [1.82, 2.24) is 10.6 Å². The highest BCUT2D eigenvalue weighted by Crippen LogP contribution is 2.17. The molecule has 0 aromatic heterocycles. The molecule has 0 spiro atoms. The molecule has 1 aliphatic rings. The van der Waals surface area contributed by atoms with Gasteiger partial charge in [-0.15, -0.1) is 0 Å². The van der Waals surface area contributed by atoms with Gasteiger partial charge in [0.2, 0.25) is 0 Å². The third-order valence-corrected chi connectivity index (χ3v) is 3.71. The van der Waals surface area contributed by atoms with Gasteiger partial charge in [-0.25, -0.2) is 4.99 Å². The summed E-state index contributed by atoms with van der Waals surface area (Å²) >= 11 is 0. The smallest absolute Gasteiger partial charge is 0.191 e. The third kappa shape index (κ3) is 4.27. The summed E-state index contributed by atoms with van der Waals surface area (Å²) in [6.07, 6.45) is 5.23. The fraction of sp³-hybridized carbons (Fsp3) is 0.562. The Morgan fingerprint density at radius 1 is 1.26 bits per heavy atom. The van der Waals surface area contributed by atoms with Gasteiger partial charge in [-0.2, -0.15) is 0 Å². The topological polar surface area (TPSA) is 36.4 Å². The molecule has 104 valence electrons. The molecule has 0 saturated heterocycles. The number of hydrogen-bond acceptors (Lipinski definition) is 1. The Balaban J connectivity index is 1.97. The zero-order chi connectivity index (χ0) is 13.5. The number of aliphatic imine (C=N–C) groups is 1. The molecule has 0 unspecified atom stereocenters. The van der Waals surface area contributed by atoms with Gasteiger partial charge in [0, 0.05) is 12.6 Å². The molecule has 3 heteroatoms. The van der Waals surface area contributed by atoms with Crippen LogP contribution in [0.15, 0.2) is 29.3 Å². The second kappa shape index (κ2) is 7.17. The van der Waals surface area contributed by atoms with E-state index in [1.165, 1.54) is 36.8 Å². The van der Waals surface area contributed by atoms with Crippen molar-refractivity contribution in [3.05, 3.63) is 35.4 Å². The molecule has 0 amide bonds. The minimum absolute atomic E-state index is 0.606. The highest BCUT2D eigenvalue weighted by molar-refractivity contribution is 5.80. The Bertz CT molecular complexity index is 420. The van der Waals surface area contributed by atoms with Crippen molar-refractivity contribution in [2.24, 2.45) is 4.99 Å². The van der Waals surface area contributed by atoms with E-state index in [1.54, 1.807) is 0 Å². The predicted molar refractivity (Wildman–Crippen MR) is 81.4 cm³/mol. The van der Waals surface area contributed by atoms with Crippen LogP contribution in [0, 0.1) is 6.92 Å². The second-order valence-corrected chi connectivity index (χ2v) is 5.25. The highest BCUT2D eigenvalue weighted by atomic mass is 15.2. The van der Waals surface area contributed by atoms with Crippen LogP contribution in [0.5, 0.6) is 0 Å². The van der Waals surface area contributed by atoms with E-state index in [0.29, 0.717) is 6.04 Å². The molecule has 0 radical (unpaired) electrons. The van der Waals surface area contributed by atoms with Crippen LogP contribution < -0.4 is 10.6 Å². The zero-order valence-electron chi connectivity index (χ0n) is 12.1. The first-order valence-electron chi connectivity index (χ1n) is 7.39. The van der Waals surface area contributed by atoms with Crippen molar-refractivity contribution in [2.75, 3.05) is 6.54 Å². The zero-order valence-corrected chi connectivity index (χ0v) is 12.1. The van der Waals surface area contributed by atoms with Gasteiger partial charge >= 0.3 is 0 Å². The van der Waals surface area contributed by atoms with Gasteiger partial charge in [-0.05, 0) is 37.8 Å². The van der Waals surface area contributed by atoms with Crippen molar-refractivity contribution < 1.29 is 0 Å². The van der Waals surface area contributed by atoms with E-state index in [-0.39, 0.29) is 0 Å². The fourth-order valence-corrected chi connectivity index (χ4v) is 2.54. The van der Waals surface area contributed by atoms with Crippen LogP contribution in [-0.4, -0.2) is 18.5 Å². The van der Waals surface area contributed by atoms with Gasteiger partial charge in [0.15, 0.2) is 5.96 Å². The number of benzene rings is 1. The van der Waals surface area contributed by atoms with Crippen molar-refractivity contribution in [3.63, 3.8) is 0 Å². The quantitative estimate of drug-likeness (QED) is 0.644. The van der Waals surface area contributed by atoms with Crippen LogP contribution in [-0.2, 0) is 6.54 Å². The van der Waals surface area contributed by atoms with Crippen LogP contribution in [0.2, 0.25) is 0 Å². The molecule has 1 aliphatic carbocycles. The lowest BCUT2D eigenvalue weighted by Gasteiger charge is -2.16. The first-order chi connectivity index (χ1) is 9.29. The van der Waals surface area contributed by atoms with E-state index >= 15 is 0 Å².